The summed E-state index contributed by atoms with van der Waals surface area (Å²) in [7, 11) is 0. The maximum absolute atomic E-state index is 6.60. The van der Waals surface area contributed by atoms with Gasteiger partial charge < -0.3 is 9.64 Å². The van der Waals surface area contributed by atoms with Crippen molar-refractivity contribution in [3.8, 4) is 11.5 Å². The van der Waals surface area contributed by atoms with Crippen LogP contribution >= 0.6 is 0 Å². The fraction of sp³-hybridized carbons (Fsp3) is 0.200. The summed E-state index contributed by atoms with van der Waals surface area (Å²) in [6.45, 7) is 11.4. The first-order valence-electron chi connectivity index (χ1n) is 11.7. The molecule has 2 heterocycles. The van der Waals surface area contributed by atoms with E-state index in [0.29, 0.717) is 0 Å². The molecule has 0 amide bonds. The highest BCUT2D eigenvalue weighted by molar-refractivity contribution is 6.99. The number of anilines is 3. The predicted octanol–water partition coefficient (Wildman–Crippen LogP) is 6.01. The van der Waals surface area contributed by atoms with Crippen molar-refractivity contribution in [1.82, 2.24) is 0 Å². The molecular weight excluding hydrogens is 401 g/mol. The Balaban J connectivity index is 1.67. The van der Waals surface area contributed by atoms with Gasteiger partial charge in [-0.3, -0.25) is 0 Å². The Morgan fingerprint density at radius 2 is 1.52 bits per heavy atom. The van der Waals surface area contributed by atoms with Crippen LogP contribution in [-0.4, -0.2) is 6.71 Å². The van der Waals surface area contributed by atoms with E-state index in [9.17, 15) is 0 Å². The minimum Gasteiger partial charge on any atom is -0.458 e. The highest BCUT2D eigenvalue weighted by Crippen LogP contribution is 2.41. The van der Waals surface area contributed by atoms with Crippen molar-refractivity contribution in [1.29, 1.82) is 0 Å². The lowest BCUT2D eigenvalue weighted by Gasteiger charge is -2.41. The van der Waals surface area contributed by atoms with Gasteiger partial charge in [0.1, 0.15) is 11.5 Å². The summed E-state index contributed by atoms with van der Waals surface area (Å²) in [6, 6.07) is 28.6. The van der Waals surface area contributed by atoms with Crippen LogP contribution in [0.1, 0.15) is 37.5 Å². The van der Waals surface area contributed by atoms with Crippen LogP contribution in [-0.2, 0) is 5.41 Å². The molecule has 0 saturated carbocycles. The summed E-state index contributed by atoms with van der Waals surface area (Å²) in [6.07, 6.45) is 0. The lowest BCUT2D eigenvalue weighted by Crippen LogP contribution is -2.60. The molecule has 6 rings (SSSR count). The second-order valence-corrected chi connectivity index (χ2v) is 10.4. The first kappa shape index (κ1) is 20.2. The fourth-order valence-electron chi connectivity index (χ4n) is 5.51. The van der Waals surface area contributed by atoms with Gasteiger partial charge in [0.05, 0.1) is 0 Å². The van der Waals surface area contributed by atoms with Gasteiger partial charge in [0.2, 0.25) is 0 Å². The van der Waals surface area contributed by atoms with Crippen molar-refractivity contribution >= 4 is 40.2 Å². The molecule has 0 N–H and O–H groups in total. The van der Waals surface area contributed by atoms with Gasteiger partial charge in [0, 0.05) is 17.1 Å². The summed E-state index contributed by atoms with van der Waals surface area (Å²) in [4.78, 5) is 2.41. The second kappa shape index (κ2) is 7.02. The molecule has 33 heavy (non-hydrogen) atoms. The van der Waals surface area contributed by atoms with Crippen LogP contribution in [0.5, 0.6) is 11.5 Å². The van der Waals surface area contributed by atoms with Gasteiger partial charge in [-0.15, -0.1) is 0 Å². The zero-order valence-electron chi connectivity index (χ0n) is 19.9. The summed E-state index contributed by atoms with van der Waals surface area (Å²) < 4.78 is 6.60. The van der Waals surface area contributed by atoms with E-state index in [-0.39, 0.29) is 12.1 Å². The van der Waals surface area contributed by atoms with E-state index in [1.807, 2.05) is 0 Å². The fourth-order valence-corrected chi connectivity index (χ4v) is 5.51. The van der Waals surface area contributed by atoms with E-state index < -0.39 is 0 Å². The minimum atomic E-state index is 0.0716. The molecule has 0 aromatic heterocycles. The summed E-state index contributed by atoms with van der Waals surface area (Å²) in [5.74, 6) is 1.94. The predicted molar refractivity (Wildman–Crippen MR) is 140 cm³/mol. The molecule has 0 atom stereocenters. The van der Waals surface area contributed by atoms with Gasteiger partial charge >= 0.3 is 0 Å². The van der Waals surface area contributed by atoms with Crippen LogP contribution in [0.15, 0.2) is 78.9 Å². The smallest absolute Gasteiger partial charge is 0.256 e. The van der Waals surface area contributed by atoms with Gasteiger partial charge in [0.25, 0.3) is 6.71 Å². The molecule has 2 aliphatic heterocycles. The second-order valence-electron chi connectivity index (χ2n) is 10.4. The van der Waals surface area contributed by atoms with E-state index in [0.717, 1.165) is 11.5 Å². The maximum Gasteiger partial charge on any atom is 0.256 e. The van der Waals surface area contributed by atoms with Crippen molar-refractivity contribution in [3.05, 3.63) is 95.6 Å². The molecule has 0 spiro atoms. The first-order chi connectivity index (χ1) is 15.8. The average molecular weight is 429 g/mol. The van der Waals surface area contributed by atoms with Gasteiger partial charge in [-0.25, -0.2) is 0 Å². The van der Waals surface area contributed by atoms with Crippen LogP contribution in [0.2, 0.25) is 0 Å². The molecule has 0 bridgehead atoms. The lowest BCUT2D eigenvalue weighted by atomic mass is 9.33. The Bertz CT molecular complexity index is 1400. The normalized spacial score (nSPS) is 13.7. The molecule has 2 nitrogen and oxygen atoms in total. The maximum atomic E-state index is 6.60. The van der Waals surface area contributed by atoms with Crippen molar-refractivity contribution in [2.75, 3.05) is 4.90 Å². The van der Waals surface area contributed by atoms with Gasteiger partial charge in [-0.2, -0.15) is 0 Å². The third-order valence-electron chi connectivity index (χ3n) is 7.04. The molecular formula is C30H28BNO. The van der Waals surface area contributed by atoms with Crippen LogP contribution in [0.3, 0.4) is 0 Å². The first-order valence-corrected chi connectivity index (χ1v) is 11.7. The Labute approximate surface area is 196 Å². The number of rotatable bonds is 1. The van der Waals surface area contributed by atoms with Crippen LogP contribution in [0.25, 0.3) is 0 Å². The Morgan fingerprint density at radius 3 is 2.27 bits per heavy atom. The topological polar surface area (TPSA) is 12.5 Å². The molecule has 0 radical (unpaired) electrons. The quantitative estimate of drug-likeness (QED) is 0.297. The standard InChI is InChI=1S/C30H28BNO/c1-19-16-20(2)28-25(17-19)32(22-10-7-6-8-11-22)24-12-9-13-26-29(24)31(28)23-15-14-21(30(3,4)5)18-27(23)33-26/h6-18H,1-5H3. The van der Waals surface area contributed by atoms with Crippen molar-refractivity contribution in [2.45, 2.75) is 40.0 Å². The molecule has 0 aliphatic carbocycles. The highest BCUT2D eigenvalue weighted by Gasteiger charge is 2.42. The van der Waals surface area contributed by atoms with E-state index in [2.05, 4.69) is 118 Å². The van der Waals surface area contributed by atoms with Gasteiger partial charge in [-0.1, -0.05) is 68.8 Å². The summed E-state index contributed by atoms with van der Waals surface area (Å²) in [5.41, 5.74) is 11.5. The number of fused-ring (bicyclic) bond motifs is 4. The van der Waals surface area contributed by atoms with Crippen molar-refractivity contribution < 1.29 is 4.74 Å². The Hall–Kier alpha value is -3.46. The monoisotopic (exact) mass is 429 g/mol. The molecule has 4 aromatic rings. The molecule has 2 aliphatic rings. The molecule has 0 saturated heterocycles. The largest absolute Gasteiger partial charge is 0.458 e. The molecule has 0 fully saturated rings. The SMILES string of the molecule is Cc1cc(C)c2c(c1)N(c1ccccc1)c1cccc3c1B2c1ccc(C(C)(C)C)cc1O3. The number of hydrogen-bond acceptors (Lipinski definition) is 2. The average Bonchev–Trinajstić information content (AvgIpc) is 2.78. The zero-order chi connectivity index (χ0) is 22.9. The third-order valence-corrected chi connectivity index (χ3v) is 7.04. The van der Waals surface area contributed by atoms with Crippen molar-refractivity contribution in [2.24, 2.45) is 0 Å². The van der Waals surface area contributed by atoms with E-state index in [4.69, 9.17) is 4.74 Å². The number of ether oxygens (including phenoxy) is 1. The summed E-state index contributed by atoms with van der Waals surface area (Å²) >= 11 is 0. The number of nitrogens with zero attached hydrogens (tertiary/aromatic N) is 1. The highest BCUT2D eigenvalue weighted by atomic mass is 16.5. The van der Waals surface area contributed by atoms with Crippen molar-refractivity contribution in [3.63, 3.8) is 0 Å². The molecule has 3 heteroatoms. The Morgan fingerprint density at radius 1 is 0.727 bits per heavy atom. The number of hydrogen-bond donors (Lipinski definition) is 0. The number of benzene rings is 4. The van der Waals surface area contributed by atoms with E-state index >= 15 is 0 Å². The van der Waals surface area contributed by atoms with Crippen LogP contribution in [0, 0.1) is 13.8 Å². The molecule has 162 valence electrons. The van der Waals surface area contributed by atoms with E-state index in [1.54, 1.807) is 0 Å². The van der Waals surface area contributed by atoms with Crippen LogP contribution < -0.4 is 26.0 Å². The third kappa shape index (κ3) is 3.02. The molecule has 4 aromatic carbocycles. The minimum absolute atomic E-state index is 0.0716. The zero-order valence-corrected chi connectivity index (χ0v) is 19.9. The number of aryl methyl sites for hydroxylation is 2. The Kier molecular flexibility index (Phi) is 4.29. The molecule has 0 unspecified atom stereocenters. The van der Waals surface area contributed by atoms with Gasteiger partial charge in [0.15, 0.2) is 0 Å². The van der Waals surface area contributed by atoms with Crippen LogP contribution in [0.4, 0.5) is 17.1 Å². The van der Waals surface area contributed by atoms with E-state index in [1.165, 1.54) is 50.1 Å². The lowest BCUT2D eigenvalue weighted by molar-refractivity contribution is 0.483. The van der Waals surface area contributed by atoms with Gasteiger partial charge in [-0.05, 0) is 83.2 Å². The number of para-hydroxylation sites is 1. The summed E-state index contributed by atoms with van der Waals surface area (Å²) in [5, 5.41) is 0.